The second kappa shape index (κ2) is 6.39. The van der Waals surface area contributed by atoms with Gasteiger partial charge >= 0.3 is 0 Å². The van der Waals surface area contributed by atoms with Crippen molar-refractivity contribution >= 4 is 17.0 Å². The summed E-state index contributed by atoms with van der Waals surface area (Å²) in [6, 6.07) is 17.9. The molecule has 6 rings (SSSR count). The Labute approximate surface area is 169 Å². The van der Waals surface area contributed by atoms with E-state index >= 15 is 0 Å². The van der Waals surface area contributed by atoms with Crippen molar-refractivity contribution in [1.29, 1.82) is 0 Å². The summed E-state index contributed by atoms with van der Waals surface area (Å²) in [6.07, 6.45) is 4.84. The Kier molecular flexibility index (Phi) is 3.67. The summed E-state index contributed by atoms with van der Waals surface area (Å²) in [6.45, 7) is 4.17. The van der Waals surface area contributed by atoms with Crippen LogP contribution in [0.25, 0.3) is 28.2 Å². The minimum atomic E-state index is 0.541. The van der Waals surface area contributed by atoms with Gasteiger partial charge in [-0.2, -0.15) is 0 Å². The lowest BCUT2D eigenvalue weighted by Crippen LogP contribution is -2.44. The SMILES string of the molecule is Cc1ccc(-c2nc3ccc(N4C[C@H]5C[C@@H]4CN5)nc3n2-c2ccncc2)cc1. The number of nitrogens with zero attached hydrogens (tertiary/aromatic N) is 5. The van der Waals surface area contributed by atoms with Gasteiger partial charge in [0.2, 0.25) is 0 Å². The predicted octanol–water partition coefficient (Wildman–Crippen LogP) is 3.34. The van der Waals surface area contributed by atoms with Gasteiger partial charge < -0.3 is 10.2 Å². The van der Waals surface area contributed by atoms with E-state index in [9.17, 15) is 0 Å². The van der Waals surface area contributed by atoms with E-state index in [1.807, 2.05) is 24.5 Å². The van der Waals surface area contributed by atoms with Crippen LogP contribution in [0.2, 0.25) is 0 Å². The molecule has 0 spiro atoms. The van der Waals surface area contributed by atoms with Crippen molar-refractivity contribution in [3.8, 4) is 17.1 Å². The van der Waals surface area contributed by atoms with E-state index in [0.29, 0.717) is 12.1 Å². The van der Waals surface area contributed by atoms with E-state index in [0.717, 1.165) is 47.1 Å². The van der Waals surface area contributed by atoms with Crippen molar-refractivity contribution in [1.82, 2.24) is 24.8 Å². The van der Waals surface area contributed by atoms with Gasteiger partial charge in [0.25, 0.3) is 0 Å². The number of piperazine rings is 1. The highest BCUT2D eigenvalue weighted by Crippen LogP contribution is 2.32. The Morgan fingerprint density at radius 2 is 1.79 bits per heavy atom. The number of nitrogens with one attached hydrogen (secondary N) is 1. The van der Waals surface area contributed by atoms with E-state index < -0.39 is 0 Å². The van der Waals surface area contributed by atoms with Crippen LogP contribution in [0, 0.1) is 6.92 Å². The zero-order chi connectivity index (χ0) is 19.4. The molecule has 4 aromatic rings. The van der Waals surface area contributed by atoms with Gasteiger partial charge in [0.05, 0.1) is 5.69 Å². The first-order valence-electron chi connectivity index (χ1n) is 10.1. The number of aryl methyl sites for hydroxylation is 1. The molecule has 29 heavy (non-hydrogen) atoms. The highest BCUT2D eigenvalue weighted by atomic mass is 15.3. The van der Waals surface area contributed by atoms with Crippen LogP contribution in [0.4, 0.5) is 5.82 Å². The number of imidazole rings is 1. The van der Waals surface area contributed by atoms with Gasteiger partial charge in [-0.25, -0.2) is 9.97 Å². The maximum absolute atomic E-state index is 5.09. The second-order valence-electron chi connectivity index (χ2n) is 8.00. The molecule has 5 heterocycles. The van der Waals surface area contributed by atoms with Crippen molar-refractivity contribution in [3.05, 3.63) is 66.5 Å². The quantitative estimate of drug-likeness (QED) is 0.589. The molecule has 1 aromatic carbocycles. The van der Waals surface area contributed by atoms with Gasteiger partial charge in [-0.05, 0) is 37.6 Å². The lowest BCUT2D eigenvalue weighted by molar-refractivity contribution is 0.577. The van der Waals surface area contributed by atoms with Crippen LogP contribution < -0.4 is 10.2 Å². The Morgan fingerprint density at radius 3 is 2.52 bits per heavy atom. The molecule has 2 aliphatic heterocycles. The lowest BCUT2D eigenvalue weighted by atomic mass is 10.1. The molecule has 2 saturated heterocycles. The monoisotopic (exact) mass is 382 g/mol. The van der Waals surface area contributed by atoms with E-state index in [1.54, 1.807) is 0 Å². The number of benzene rings is 1. The number of rotatable bonds is 3. The smallest absolute Gasteiger partial charge is 0.167 e. The topological polar surface area (TPSA) is 58.9 Å². The van der Waals surface area contributed by atoms with E-state index in [2.05, 4.69) is 63.1 Å². The zero-order valence-electron chi connectivity index (χ0n) is 16.3. The maximum atomic E-state index is 5.09. The molecule has 0 amide bonds. The molecule has 6 nitrogen and oxygen atoms in total. The minimum absolute atomic E-state index is 0.541. The Morgan fingerprint density at radius 1 is 0.966 bits per heavy atom. The van der Waals surface area contributed by atoms with E-state index in [1.165, 1.54) is 12.0 Å². The molecule has 2 bridgehead atoms. The largest absolute Gasteiger partial charge is 0.351 e. The number of fused-ring (bicyclic) bond motifs is 3. The summed E-state index contributed by atoms with van der Waals surface area (Å²) in [5.41, 5.74) is 5.13. The fraction of sp³-hybridized carbons (Fsp3) is 0.261. The average molecular weight is 382 g/mol. The van der Waals surface area contributed by atoms with Crippen molar-refractivity contribution in [2.45, 2.75) is 25.4 Å². The minimum Gasteiger partial charge on any atom is -0.351 e. The fourth-order valence-electron chi connectivity index (χ4n) is 4.58. The summed E-state index contributed by atoms with van der Waals surface area (Å²) in [7, 11) is 0. The average Bonchev–Trinajstić information content (AvgIpc) is 3.48. The van der Waals surface area contributed by atoms with Gasteiger partial charge in [-0.1, -0.05) is 29.8 Å². The Balaban J connectivity index is 1.55. The third kappa shape index (κ3) is 2.71. The van der Waals surface area contributed by atoms with Crippen molar-refractivity contribution in [2.24, 2.45) is 0 Å². The molecule has 3 aromatic heterocycles. The Bertz CT molecular complexity index is 1180. The molecule has 2 aliphatic rings. The standard InChI is InChI=1S/C23H22N6/c1-15-2-4-16(5-3-15)22-26-20-6-7-21(28-14-17-12-19(28)13-25-17)27-23(20)29(22)18-8-10-24-11-9-18/h2-11,17,19,25H,12-14H2,1H3/t17-,19-/m1/s1. The van der Waals surface area contributed by atoms with Gasteiger partial charge in [-0.15, -0.1) is 0 Å². The molecule has 2 fully saturated rings. The number of hydrogen-bond donors (Lipinski definition) is 1. The lowest BCUT2D eigenvalue weighted by Gasteiger charge is -2.28. The second-order valence-corrected chi connectivity index (χ2v) is 8.00. The normalized spacial score (nSPS) is 20.7. The number of aromatic nitrogens is 4. The van der Waals surface area contributed by atoms with Crippen LogP contribution in [0.5, 0.6) is 0 Å². The number of hydrogen-bond acceptors (Lipinski definition) is 5. The van der Waals surface area contributed by atoms with E-state index in [-0.39, 0.29) is 0 Å². The summed E-state index contributed by atoms with van der Waals surface area (Å²) in [4.78, 5) is 16.7. The summed E-state index contributed by atoms with van der Waals surface area (Å²) in [5.74, 6) is 1.94. The Hall–Kier alpha value is -3.25. The predicted molar refractivity (Wildman–Crippen MR) is 114 cm³/mol. The van der Waals surface area contributed by atoms with Gasteiger partial charge in [0, 0.05) is 43.1 Å². The van der Waals surface area contributed by atoms with Gasteiger partial charge in [-0.3, -0.25) is 9.55 Å². The maximum Gasteiger partial charge on any atom is 0.167 e. The molecular weight excluding hydrogens is 360 g/mol. The van der Waals surface area contributed by atoms with Crippen LogP contribution in [-0.4, -0.2) is 44.7 Å². The summed E-state index contributed by atoms with van der Waals surface area (Å²) in [5, 5.41) is 3.57. The van der Waals surface area contributed by atoms with Crippen LogP contribution in [0.3, 0.4) is 0 Å². The summed E-state index contributed by atoms with van der Waals surface area (Å²) < 4.78 is 2.15. The molecule has 0 unspecified atom stereocenters. The van der Waals surface area contributed by atoms with Crippen LogP contribution >= 0.6 is 0 Å². The molecule has 2 atom stereocenters. The van der Waals surface area contributed by atoms with Crippen LogP contribution in [0.1, 0.15) is 12.0 Å². The third-order valence-electron chi connectivity index (χ3n) is 6.07. The molecule has 0 aliphatic carbocycles. The molecule has 0 radical (unpaired) electrons. The van der Waals surface area contributed by atoms with Crippen molar-refractivity contribution < 1.29 is 0 Å². The van der Waals surface area contributed by atoms with Crippen molar-refractivity contribution in [3.63, 3.8) is 0 Å². The zero-order valence-corrected chi connectivity index (χ0v) is 16.3. The number of anilines is 1. The van der Waals surface area contributed by atoms with Crippen LogP contribution in [-0.2, 0) is 0 Å². The number of pyridine rings is 2. The first-order chi connectivity index (χ1) is 14.3. The van der Waals surface area contributed by atoms with Gasteiger partial charge in [0.1, 0.15) is 17.2 Å². The first-order valence-corrected chi connectivity index (χ1v) is 10.1. The van der Waals surface area contributed by atoms with Crippen molar-refractivity contribution in [2.75, 3.05) is 18.0 Å². The third-order valence-corrected chi connectivity index (χ3v) is 6.07. The van der Waals surface area contributed by atoms with E-state index in [4.69, 9.17) is 9.97 Å². The highest BCUT2D eigenvalue weighted by Gasteiger charge is 2.38. The fourth-order valence-corrected chi connectivity index (χ4v) is 4.58. The molecule has 1 N–H and O–H groups in total. The molecule has 6 heteroatoms. The molecule has 0 saturated carbocycles. The molecule has 144 valence electrons. The summed E-state index contributed by atoms with van der Waals surface area (Å²) >= 11 is 0. The highest BCUT2D eigenvalue weighted by molar-refractivity contribution is 5.81. The first kappa shape index (κ1) is 16.7. The van der Waals surface area contributed by atoms with Crippen LogP contribution in [0.15, 0.2) is 60.9 Å². The van der Waals surface area contributed by atoms with Gasteiger partial charge in [0.15, 0.2) is 5.65 Å². The molecular formula is C23H22N6.